The molecule has 0 bridgehead atoms. The fraction of sp³-hybridized carbons (Fsp3) is 0.682. The molecule has 5 rings (SSSR count). The van der Waals surface area contributed by atoms with Crippen LogP contribution in [-0.2, 0) is 20.0 Å². The lowest BCUT2D eigenvalue weighted by Crippen LogP contribution is -2.52. The minimum absolute atomic E-state index is 0.332. The first-order valence-corrected chi connectivity index (χ1v) is 11.2. The van der Waals surface area contributed by atoms with Crippen LogP contribution in [-0.4, -0.2) is 68.3 Å². The molecule has 0 spiro atoms. The predicted octanol–water partition coefficient (Wildman–Crippen LogP) is 2.31. The lowest BCUT2D eigenvalue weighted by Gasteiger charge is -2.44. The van der Waals surface area contributed by atoms with Crippen LogP contribution in [0.3, 0.4) is 0 Å². The van der Waals surface area contributed by atoms with E-state index in [4.69, 9.17) is 4.98 Å². The number of hydrogen-bond donors (Lipinski definition) is 0. The maximum atomic E-state index is 4.73. The van der Waals surface area contributed by atoms with Gasteiger partial charge in [0.15, 0.2) is 0 Å². The van der Waals surface area contributed by atoms with E-state index in [-0.39, 0.29) is 0 Å². The Balaban J connectivity index is 1.29. The van der Waals surface area contributed by atoms with Gasteiger partial charge < -0.3 is 4.90 Å². The molecule has 0 aromatic carbocycles. The molecule has 2 fully saturated rings. The van der Waals surface area contributed by atoms with Crippen molar-refractivity contribution in [1.29, 1.82) is 0 Å². The van der Waals surface area contributed by atoms with Crippen LogP contribution in [0, 0.1) is 6.92 Å². The fourth-order valence-electron chi connectivity index (χ4n) is 5.22. The molecule has 29 heavy (non-hydrogen) atoms. The third-order valence-corrected chi connectivity index (χ3v) is 7.23. The Morgan fingerprint density at radius 2 is 1.86 bits per heavy atom. The van der Waals surface area contributed by atoms with Crippen molar-refractivity contribution in [3.05, 3.63) is 35.0 Å². The van der Waals surface area contributed by atoms with Crippen LogP contribution < -0.4 is 4.90 Å². The monoisotopic (exact) mass is 395 g/mol. The molecule has 1 unspecified atom stereocenters. The molecule has 7 nitrogen and oxygen atoms in total. The molecule has 2 aromatic rings. The molecule has 1 saturated heterocycles. The van der Waals surface area contributed by atoms with Crippen molar-refractivity contribution in [2.45, 2.75) is 58.2 Å². The van der Waals surface area contributed by atoms with Crippen molar-refractivity contribution < 1.29 is 0 Å². The first-order valence-electron chi connectivity index (χ1n) is 11.2. The highest BCUT2D eigenvalue weighted by Crippen LogP contribution is 2.32. The number of piperazine rings is 1. The molecule has 0 N–H and O–H groups in total. The van der Waals surface area contributed by atoms with Gasteiger partial charge in [-0.25, -0.2) is 9.97 Å². The molecule has 2 aromatic heterocycles. The van der Waals surface area contributed by atoms with Gasteiger partial charge in [0.05, 0.1) is 17.1 Å². The third-order valence-electron chi connectivity index (χ3n) is 7.23. The lowest BCUT2D eigenvalue weighted by molar-refractivity contribution is 0.120. The lowest BCUT2D eigenvalue weighted by atomic mass is 9.91. The van der Waals surface area contributed by atoms with Crippen LogP contribution in [0.25, 0.3) is 0 Å². The van der Waals surface area contributed by atoms with Crippen LogP contribution in [0.4, 0.5) is 5.82 Å². The fourth-order valence-corrected chi connectivity index (χ4v) is 5.22. The Hall–Kier alpha value is -1.99. The second kappa shape index (κ2) is 7.69. The molecular formula is C22H33N7. The van der Waals surface area contributed by atoms with Crippen LogP contribution >= 0.6 is 0 Å². The van der Waals surface area contributed by atoms with Crippen molar-refractivity contribution in [2.75, 3.05) is 37.6 Å². The van der Waals surface area contributed by atoms with Gasteiger partial charge in [-0.1, -0.05) is 6.42 Å². The second-order valence-corrected chi connectivity index (χ2v) is 8.96. The van der Waals surface area contributed by atoms with Gasteiger partial charge >= 0.3 is 0 Å². The number of rotatable bonds is 4. The Labute approximate surface area is 173 Å². The van der Waals surface area contributed by atoms with Crippen LogP contribution in [0.5, 0.6) is 0 Å². The molecule has 0 amide bonds. The SMILES string of the molecule is Cc1cc(C(C)N2CCc3c(ncnc3N3CCN(C4CCC4)CC3)C2)n(C)n1. The summed E-state index contributed by atoms with van der Waals surface area (Å²) in [6, 6.07) is 3.38. The topological polar surface area (TPSA) is 53.3 Å². The highest BCUT2D eigenvalue weighted by atomic mass is 15.3. The number of hydrogen-bond acceptors (Lipinski definition) is 6. The first kappa shape index (κ1) is 19.0. The molecule has 4 heterocycles. The maximum Gasteiger partial charge on any atom is 0.135 e. The second-order valence-electron chi connectivity index (χ2n) is 8.96. The maximum absolute atomic E-state index is 4.73. The van der Waals surface area contributed by atoms with Crippen molar-refractivity contribution in [3.63, 3.8) is 0 Å². The van der Waals surface area contributed by atoms with E-state index >= 15 is 0 Å². The molecule has 3 aliphatic rings. The van der Waals surface area contributed by atoms with Crippen LogP contribution in [0.1, 0.15) is 54.9 Å². The number of nitrogens with zero attached hydrogens (tertiary/aromatic N) is 7. The smallest absolute Gasteiger partial charge is 0.135 e. The van der Waals surface area contributed by atoms with Crippen molar-refractivity contribution in [1.82, 2.24) is 29.5 Å². The van der Waals surface area contributed by atoms with E-state index in [1.807, 2.05) is 11.7 Å². The average molecular weight is 396 g/mol. The Morgan fingerprint density at radius 3 is 2.52 bits per heavy atom. The third kappa shape index (κ3) is 3.55. The molecule has 7 heteroatoms. The molecule has 2 aliphatic heterocycles. The van der Waals surface area contributed by atoms with Gasteiger partial charge in [0.2, 0.25) is 0 Å². The summed E-state index contributed by atoms with van der Waals surface area (Å²) in [7, 11) is 2.04. The molecule has 1 saturated carbocycles. The quantitative estimate of drug-likeness (QED) is 0.792. The number of fused-ring (bicyclic) bond motifs is 1. The minimum atomic E-state index is 0.332. The van der Waals surface area contributed by atoms with E-state index in [2.05, 4.69) is 44.7 Å². The van der Waals surface area contributed by atoms with Gasteiger partial charge in [-0.05, 0) is 39.2 Å². The number of anilines is 1. The Bertz CT molecular complexity index is 864. The number of aryl methyl sites for hydroxylation is 2. The van der Waals surface area contributed by atoms with Gasteiger partial charge in [0.25, 0.3) is 0 Å². The van der Waals surface area contributed by atoms with Crippen LogP contribution in [0.2, 0.25) is 0 Å². The predicted molar refractivity (Wildman–Crippen MR) is 114 cm³/mol. The minimum Gasteiger partial charge on any atom is -0.354 e. The molecule has 1 aliphatic carbocycles. The summed E-state index contributed by atoms with van der Waals surface area (Å²) < 4.78 is 2.02. The van der Waals surface area contributed by atoms with E-state index in [9.17, 15) is 0 Å². The summed E-state index contributed by atoms with van der Waals surface area (Å²) in [5.74, 6) is 1.19. The van der Waals surface area contributed by atoms with E-state index in [1.165, 1.54) is 55.1 Å². The van der Waals surface area contributed by atoms with E-state index in [0.29, 0.717) is 6.04 Å². The first-order chi connectivity index (χ1) is 14.1. The average Bonchev–Trinajstić information content (AvgIpc) is 3.04. The summed E-state index contributed by atoms with van der Waals surface area (Å²) in [6.07, 6.45) is 7.00. The molecule has 156 valence electrons. The van der Waals surface area contributed by atoms with E-state index in [0.717, 1.165) is 44.3 Å². The van der Waals surface area contributed by atoms with Crippen LogP contribution in [0.15, 0.2) is 12.4 Å². The van der Waals surface area contributed by atoms with Gasteiger partial charge in [-0.3, -0.25) is 14.5 Å². The molecule has 0 radical (unpaired) electrons. The van der Waals surface area contributed by atoms with Gasteiger partial charge in [-0.2, -0.15) is 5.10 Å². The van der Waals surface area contributed by atoms with Crippen molar-refractivity contribution in [3.8, 4) is 0 Å². The summed E-state index contributed by atoms with van der Waals surface area (Å²) in [5, 5.41) is 4.53. The zero-order valence-corrected chi connectivity index (χ0v) is 18.0. The van der Waals surface area contributed by atoms with Gasteiger partial charge in [-0.15, -0.1) is 0 Å². The summed E-state index contributed by atoms with van der Waals surface area (Å²) in [5.41, 5.74) is 4.92. The Kier molecular flexibility index (Phi) is 5.04. The zero-order chi connectivity index (χ0) is 20.0. The normalized spacial score (nSPS) is 22.4. The van der Waals surface area contributed by atoms with E-state index in [1.54, 1.807) is 6.33 Å². The Morgan fingerprint density at radius 1 is 1.07 bits per heavy atom. The van der Waals surface area contributed by atoms with Gasteiger partial charge in [0.1, 0.15) is 12.1 Å². The van der Waals surface area contributed by atoms with Crippen molar-refractivity contribution in [2.24, 2.45) is 7.05 Å². The summed E-state index contributed by atoms with van der Waals surface area (Å²) in [4.78, 5) is 17.1. The van der Waals surface area contributed by atoms with E-state index < -0.39 is 0 Å². The molecular weight excluding hydrogens is 362 g/mol. The zero-order valence-electron chi connectivity index (χ0n) is 18.0. The number of aromatic nitrogens is 4. The molecule has 1 atom stereocenters. The summed E-state index contributed by atoms with van der Waals surface area (Å²) >= 11 is 0. The van der Waals surface area contributed by atoms with Gasteiger partial charge in [0, 0.05) is 64.0 Å². The highest BCUT2D eigenvalue weighted by molar-refractivity contribution is 5.50. The highest BCUT2D eigenvalue weighted by Gasteiger charge is 2.31. The van der Waals surface area contributed by atoms with Crippen molar-refractivity contribution >= 4 is 5.82 Å². The summed E-state index contributed by atoms with van der Waals surface area (Å²) in [6.45, 7) is 10.8. The largest absolute Gasteiger partial charge is 0.354 e. The standard InChI is InChI=1S/C22H33N7/c1-16-13-21(26(3)25-16)17(2)29-8-7-19-20(14-29)23-15-24-22(19)28-11-9-27(10-12-28)18-5-4-6-18/h13,15,17-18H,4-12,14H2,1-3H3.